The van der Waals surface area contributed by atoms with Crippen molar-refractivity contribution in [1.29, 1.82) is 0 Å². The van der Waals surface area contributed by atoms with Crippen LogP contribution in [-0.4, -0.2) is 18.2 Å². The number of thiocarbonyl (C=S) groups is 1. The van der Waals surface area contributed by atoms with Gasteiger partial charge in [-0.15, -0.1) is 11.3 Å². The lowest BCUT2D eigenvalue weighted by Crippen LogP contribution is -2.21. The van der Waals surface area contributed by atoms with Gasteiger partial charge in [-0.3, -0.25) is 0 Å². The first-order chi connectivity index (χ1) is 12.7. The zero-order valence-corrected chi connectivity index (χ0v) is 15.6. The van der Waals surface area contributed by atoms with E-state index in [4.69, 9.17) is 17.0 Å². The lowest BCUT2D eigenvalue weighted by Gasteiger charge is -2.14. The summed E-state index contributed by atoms with van der Waals surface area (Å²) in [4.78, 5) is 13.1. The van der Waals surface area contributed by atoms with Crippen LogP contribution in [0, 0.1) is 5.82 Å². The number of hydrogen-bond acceptors (Lipinski definition) is 4. The summed E-state index contributed by atoms with van der Waals surface area (Å²) in [5.74, 6) is -1.40. The minimum atomic E-state index is -4.61. The molecule has 0 aliphatic heterocycles. The maximum Gasteiger partial charge on any atom is 0.416 e. The van der Waals surface area contributed by atoms with Gasteiger partial charge in [0.05, 0.1) is 23.9 Å². The van der Waals surface area contributed by atoms with E-state index in [2.05, 4.69) is 10.6 Å². The molecule has 10 heteroatoms. The maximum absolute atomic E-state index is 13.9. The fraction of sp³-hybridized carbons (Fsp3) is 0.294. The number of hydrogen-bond donors (Lipinski definition) is 2. The molecule has 0 unspecified atom stereocenters. The Morgan fingerprint density at radius 1 is 1.26 bits per heavy atom. The Hall–Kier alpha value is -2.20. The van der Waals surface area contributed by atoms with Gasteiger partial charge in [0, 0.05) is 4.88 Å². The first kappa shape index (κ1) is 19.6. The van der Waals surface area contributed by atoms with Crippen LogP contribution in [0.2, 0.25) is 0 Å². The van der Waals surface area contributed by atoms with Crippen molar-refractivity contribution in [2.24, 2.45) is 0 Å². The average molecular weight is 418 g/mol. The summed E-state index contributed by atoms with van der Waals surface area (Å²) in [6.07, 6.45) is -2.11. The van der Waals surface area contributed by atoms with Gasteiger partial charge >= 0.3 is 12.1 Å². The third-order valence-electron chi connectivity index (χ3n) is 4.08. The fourth-order valence-electron chi connectivity index (χ4n) is 2.86. The molecular formula is C17H14F4N2O2S2. The van der Waals surface area contributed by atoms with Crippen LogP contribution in [0.25, 0.3) is 0 Å². The molecule has 1 aromatic heterocycles. The first-order valence-electron chi connectivity index (χ1n) is 7.88. The number of carbonyl (C=O) groups is 1. The highest BCUT2D eigenvalue weighted by Gasteiger charge is 2.31. The van der Waals surface area contributed by atoms with Gasteiger partial charge in [0.1, 0.15) is 10.8 Å². The normalized spacial score (nSPS) is 13.2. The Kier molecular flexibility index (Phi) is 5.38. The van der Waals surface area contributed by atoms with Crippen molar-refractivity contribution in [3.8, 4) is 0 Å². The number of methoxy groups -OCH3 is 1. The van der Waals surface area contributed by atoms with E-state index in [1.165, 1.54) is 18.4 Å². The number of anilines is 2. The highest BCUT2D eigenvalue weighted by molar-refractivity contribution is 7.80. The Balaban J connectivity index is 1.83. The number of nitrogens with one attached hydrogen (secondary N) is 2. The molecule has 1 aliphatic carbocycles. The molecule has 1 heterocycles. The molecule has 0 spiro atoms. The molecule has 0 radical (unpaired) electrons. The highest BCUT2D eigenvalue weighted by Crippen LogP contribution is 2.39. The third-order valence-corrected chi connectivity index (χ3v) is 5.49. The molecule has 27 heavy (non-hydrogen) atoms. The Labute approximate surface area is 161 Å². The summed E-state index contributed by atoms with van der Waals surface area (Å²) in [7, 11) is 1.26. The summed E-state index contributed by atoms with van der Waals surface area (Å²) >= 11 is 6.42. The van der Waals surface area contributed by atoms with Crippen molar-refractivity contribution in [3.05, 3.63) is 45.6 Å². The summed E-state index contributed by atoms with van der Waals surface area (Å²) in [5, 5.41) is 5.50. The highest BCUT2D eigenvalue weighted by atomic mass is 32.1. The summed E-state index contributed by atoms with van der Waals surface area (Å²) in [6, 6.07) is 2.00. The maximum atomic E-state index is 13.9. The SMILES string of the molecule is COC(=O)c1c(NC(=S)Nc2cc(C(F)(F)F)ccc2F)sc2c1CCC2. The number of alkyl halides is 3. The predicted molar refractivity (Wildman–Crippen MR) is 98.9 cm³/mol. The lowest BCUT2D eigenvalue weighted by molar-refractivity contribution is -0.137. The van der Waals surface area contributed by atoms with E-state index < -0.39 is 29.2 Å². The molecule has 2 N–H and O–H groups in total. The van der Waals surface area contributed by atoms with Gasteiger partial charge in [0.2, 0.25) is 0 Å². The van der Waals surface area contributed by atoms with Crippen LogP contribution in [0.5, 0.6) is 0 Å². The summed E-state index contributed by atoms with van der Waals surface area (Å²) in [5.41, 5.74) is -0.156. The predicted octanol–water partition coefficient (Wildman–Crippen LogP) is 4.99. The van der Waals surface area contributed by atoms with Crippen LogP contribution in [0.4, 0.5) is 28.3 Å². The number of halogens is 4. The average Bonchev–Trinajstić information content (AvgIpc) is 3.15. The molecule has 1 aromatic carbocycles. The van der Waals surface area contributed by atoms with Gasteiger partial charge in [-0.05, 0) is 55.2 Å². The van der Waals surface area contributed by atoms with Crippen molar-refractivity contribution >= 4 is 45.3 Å². The zero-order chi connectivity index (χ0) is 19.8. The smallest absolute Gasteiger partial charge is 0.416 e. The van der Waals surface area contributed by atoms with E-state index in [9.17, 15) is 22.4 Å². The van der Waals surface area contributed by atoms with Crippen LogP contribution in [0.3, 0.4) is 0 Å². The number of aryl methyl sites for hydroxylation is 1. The molecule has 0 bridgehead atoms. The monoisotopic (exact) mass is 418 g/mol. The van der Waals surface area contributed by atoms with E-state index >= 15 is 0 Å². The summed E-state index contributed by atoms with van der Waals surface area (Å²) in [6.45, 7) is 0. The molecule has 2 aromatic rings. The van der Waals surface area contributed by atoms with E-state index in [0.717, 1.165) is 29.7 Å². The van der Waals surface area contributed by atoms with Crippen molar-refractivity contribution in [2.45, 2.75) is 25.4 Å². The molecule has 0 saturated heterocycles. The summed E-state index contributed by atoms with van der Waals surface area (Å²) < 4.78 is 57.1. The van der Waals surface area contributed by atoms with Crippen LogP contribution >= 0.6 is 23.6 Å². The molecule has 4 nitrogen and oxygen atoms in total. The zero-order valence-electron chi connectivity index (χ0n) is 14.0. The minimum Gasteiger partial charge on any atom is -0.465 e. The third kappa shape index (κ3) is 4.06. The van der Waals surface area contributed by atoms with Crippen LogP contribution in [0.15, 0.2) is 18.2 Å². The molecule has 0 atom stereocenters. The number of fused-ring (bicyclic) bond motifs is 1. The Morgan fingerprint density at radius 2 is 2.00 bits per heavy atom. The second-order valence-electron chi connectivity index (χ2n) is 5.82. The second kappa shape index (κ2) is 7.43. The van der Waals surface area contributed by atoms with Gasteiger partial charge in [0.25, 0.3) is 0 Å². The largest absolute Gasteiger partial charge is 0.465 e. The van der Waals surface area contributed by atoms with E-state index in [1.54, 1.807) is 0 Å². The topological polar surface area (TPSA) is 50.4 Å². The van der Waals surface area contributed by atoms with E-state index in [0.29, 0.717) is 28.8 Å². The number of ether oxygens (including phenoxy) is 1. The molecule has 1 aliphatic rings. The van der Waals surface area contributed by atoms with E-state index in [1.807, 2.05) is 0 Å². The number of benzene rings is 1. The Morgan fingerprint density at radius 3 is 2.67 bits per heavy atom. The van der Waals surface area contributed by atoms with Gasteiger partial charge in [-0.25, -0.2) is 9.18 Å². The quantitative estimate of drug-likeness (QED) is 0.418. The number of rotatable bonds is 3. The van der Waals surface area contributed by atoms with Crippen molar-refractivity contribution in [1.82, 2.24) is 0 Å². The van der Waals surface area contributed by atoms with Crippen molar-refractivity contribution in [3.63, 3.8) is 0 Å². The van der Waals surface area contributed by atoms with Crippen molar-refractivity contribution < 1.29 is 27.1 Å². The fourth-order valence-corrected chi connectivity index (χ4v) is 4.42. The first-order valence-corrected chi connectivity index (χ1v) is 9.10. The molecule has 144 valence electrons. The van der Waals surface area contributed by atoms with Crippen LogP contribution < -0.4 is 10.6 Å². The molecule has 0 amide bonds. The minimum absolute atomic E-state index is 0.127. The lowest BCUT2D eigenvalue weighted by atomic mass is 10.1. The van der Waals surface area contributed by atoms with E-state index in [-0.39, 0.29) is 5.11 Å². The standard InChI is InChI=1S/C17H14F4N2O2S2/c1-25-15(24)13-9-3-2-4-12(9)27-14(13)23-16(26)22-11-7-8(17(19,20)21)5-6-10(11)18/h5-7H,2-4H2,1H3,(H2,22,23,26). The van der Waals surface area contributed by atoms with Crippen molar-refractivity contribution in [2.75, 3.05) is 17.7 Å². The molecule has 0 saturated carbocycles. The van der Waals surface area contributed by atoms with Gasteiger partial charge in [-0.1, -0.05) is 0 Å². The van der Waals surface area contributed by atoms with Crippen LogP contribution in [-0.2, 0) is 23.8 Å². The molecule has 3 rings (SSSR count). The number of carbonyl (C=O) groups excluding carboxylic acids is 1. The van der Waals surface area contributed by atoms with Gasteiger partial charge in [0.15, 0.2) is 5.11 Å². The second-order valence-corrected chi connectivity index (χ2v) is 7.34. The van der Waals surface area contributed by atoms with Crippen LogP contribution in [0.1, 0.15) is 32.8 Å². The van der Waals surface area contributed by atoms with Gasteiger partial charge < -0.3 is 15.4 Å². The Bertz CT molecular complexity index is 909. The van der Waals surface area contributed by atoms with Gasteiger partial charge in [-0.2, -0.15) is 13.2 Å². The molecule has 0 fully saturated rings. The molecular weight excluding hydrogens is 404 g/mol. The number of esters is 1. The number of thiophene rings is 1.